The summed E-state index contributed by atoms with van der Waals surface area (Å²) in [5, 5.41) is 3.51. The summed E-state index contributed by atoms with van der Waals surface area (Å²) in [6.45, 7) is 11.3. The van der Waals surface area contributed by atoms with E-state index < -0.39 is 0 Å². The molecule has 1 unspecified atom stereocenters. The highest BCUT2D eigenvalue weighted by molar-refractivity contribution is 8.01. The summed E-state index contributed by atoms with van der Waals surface area (Å²) < 4.78 is 0.962. The number of amides is 3. The number of nitrogens with zero attached hydrogens (tertiary/aromatic N) is 3. The Labute approximate surface area is 215 Å². The Morgan fingerprint density at radius 3 is 2.69 bits per heavy atom. The third kappa shape index (κ3) is 5.78. The van der Waals surface area contributed by atoms with Gasteiger partial charge in [-0.2, -0.15) is 0 Å². The van der Waals surface area contributed by atoms with Crippen molar-refractivity contribution in [2.75, 3.05) is 25.0 Å². The zero-order valence-electron chi connectivity index (χ0n) is 20.5. The predicted molar refractivity (Wildman–Crippen MR) is 140 cm³/mol. The highest BCUT2D eigenvalue weighted by Crippen LogP contribution is 2.38. The normalized spacial score (nSPS) is 17.9. The molecular formula is C26H32N4O3S2. The number of anilines is 1. The highest BCUT2D eigenvalue weighted by Gasteiger charge is 2.32. The van der Waals surface area contributed by atoms with Gasteiger partial charge in [0.25, 0.3) is 5.91 Å². The molecule has 3 amide bonds. The van der Waals surface area contributed by atoms with Crippen molar-refractivity contribution in [2.24, 2.45) is 5.92 Å². The Bertz CT molecular complexity index is 1140. The molecule has 0 bridgehead atoms. The maximum absolute atomic E-state index is 13.6. The first-order valence-corrected chi connectivity index (χ1v) is 13.8. The molecule has 9 heteroatoms. The number of thiazole rings is 1. The lowest BCUT2D eigenvalue weighted by atomic mass is 10.00. The molecule has 35 heavy (non-hydrogen) atoms. The van der Waals surface area contributed by atoms with Crippen molar-refractivity contribution < 1.29 is 14.4 Å². The van der Waals surface area contributed by atoms with Gasteiger partial charge in [0, 0.05) is 42.1 Å². The lowest BCUT2D eigenvalue weighted by Crippen LogP contribution is -2.56. The molecule has 2 heterocycles. The van der Waals surface area contributed by atoms with E-state index in [0.29, 0.717) is 30.3 Å². The molecule has 1 aliphatic carbocycles. The second kappa shape index (κ2) is 11.0. The Morgan fingerprint density at radius 1 is 1.26 bits per heavy atom. The van der Waals surface area contributed by atoms with E-state index in [9.17, 15) is 14.4 Å². The van der Waals surface area contributed by atoms with Crippen LogP contribution >= 0.6 is 23.1 Å². The average Bonchev–Trinajstić information content (AvgIpc) is 3.64. The van der Waals surface area contributed by atoms with Gasteiger partial charge >= 0.3 is 0 Å². The Balaban J connectivity index is 1.52. The predicted octanol–water partition coefficient (Wildman–Crippen LogP) is 4.76. The number of carbonyl (C=O) groups excluding carboxylic acids is 3. The Hall–Kier alpha value is -2.65. The summed E-state index contributed by atoms with van der Waals surface area (Å²) >= 11 is 3.02. The van der Waals surface area contributed by atoms with E-state index >= 15 is 0 Å². The minimum atomic E-state index is -0.0792. The molecule has 7 nitrogen and oxygen atoms in total. The van der Waals surface area contributed by atoms with Crippen molar-refractivity contribution in [3.05, 3.63) is 47.7 Å². The molecule has 1 atom stereocenters. The van der Waals surface area contributed by atoms with Crippen LogP contribution in [0.5, 0.6) is 0 Å². The van der Waals surface area contributed by atoms with E-state index in [4.69, 9.17) is 0 Å². The smallest absolute Gasteiger partial charge is 0.254 e. The van der Waals surface area contributed by atoms with Gasteiger partial charge in [0.2, 0.25) is 11.8 Å². The van der Waals surface area contributed by atoms with E-state index in [1.807, 2.05) is 22.8 Å². The molecule has 1 saturated carbocycles. The van der Waals surface area contributed by atoms with Crippen LogP contribution in [0.3, 0.4) is 0 Å². The van der Waals surface area contributed by atoms with E-state index in [2.05, 4.69) is 36.8 Å². The maximum atomic E-state index is 13.6. The molecule has 1 aromatic carbocycles. The van der Waals surface area contributed by atoms with Gasteiger partial charge in [-0.05, 0) is 55.9 Å². The summed E-state index contributed by atoms with van der Waals surface area (Å²) in [4.78, 5) is 46.9. The van der Waals surface area contributed by atoms with Gasteiger partial charge in [0.1, 0.15) is 0 Å². The standard InChI is InChI=1S/C26H32N4O3S2/c1-5-17-12-16(4)21(34-23-14-27-26(35-23)28-24(32)18-8-9-18)13-20(17)25(33)29-10-11-30(22(31)7-3)19(6-2)15-29/h7,12-14,18-19H,3,5-6,8-11,15H2,1-2,4H3,(H,27,28,32). The number of aryl methyl sites for hydroxylation is 2. The molecule has 1 saturated heterocycles. The van der Waals surface area contributed by atoms with Crippen LogP contribution in [0.1, 0.15) is 54.6 Å². The fourth-order valence-corrected chi connectivity index (χ4v) is 6.29. The number of rotatable bonds is 8. The van der Waals surface area contributed by atoms with Gasteiger partial charge in [-0.15, -0.1) is 0 Å². The minimum absolute atomic E-state index is 0.00884. The van der Waals surface area contributed by atoms with Gasteiger partial charge in [-0.1, -0.05) is 49.6 Å². The second-order valence-corrected chi connectivity index (χ2v) is 11.4. The van der Waals surface area contributed by atoms with Gasteiger partial charge in [0.15, 0.2) is 5.13 Å². The topological polar surface area (TPSA) is 82.6 Å². The molecule has 1 aliphatic heterocycles. The number of benzene rings is 1. The molecule has 1 N–H and O–H groups in total. The van der Waals surface area contributed by atoms with Crippen LogP contribution < -0.4 is 5.32 Å². The minimum Gasteiger partial charge on any atom is -0.335 e. The van der Waals surface area contributed by atoms with Crippen molar-refractivity contribution in [1.82, 2.24) is 14.8 Å². The molecule has 1 aromatic heterocycles. The second-order valence-electron chi connectivity index (χ2n) is 9.03. The third-order valence-corrected chi connectivity index (χ3v) is 8.76. The van der Waals surface area contributed by atoms with Crippen LogP contribution in [0, 0.1) is 12.8 Å². The first-order valence-electron chi connectivity index (χ1n) is 12.1. The van der Waals surface area contributed by atoms with Crippen molar-refractivity contribution in [2.45, 2.75) is 61.6 Å². The maximum Gasteiger partial charge on any atom is 0.254 e. The Morgan fingerprint density at radius 2 is 2.03 bits per heavy atom. The number of piperazine rings is 1. The van der Waals surface area contributed by atoms with Gasteiger partial charge in [-0.3, -0.25) is 14.4 Å². The Kier molecular flexibility index (Phi) is 7.96. The van der Waals surface area contributed by atoms with Crippen molar-refractivity contribution >= 4 is 46.0 Å². The van der Waals surface area contributed by atoms with Crippen molar-refractivity contribution in [3.63, 3.8) is 0 Å². The summed E-state index contributed by atoms with van der Waals surface area (Å²) in [6, 6.07) is 4.08. The SMILES string of the molecule is C=CC(=O)N1CCN(C(=O)c2cc(Sc3cnc(NC(=O)C4CC4)s3)c(C)cc2CC)CC1CC. The first kappa shape index (κ1) is 25.4. The highest BCUT2D eigenvalue weighted by atomic mass is 32.2. The fourth-order valence-electron chi connectivity index (χ4n) is 4.34. The third-order valence-electron chi connectivity index (χ3n) is 6.58. The monoisotopic (exact) mass is 512 g/mol. The van der Waals surface area contributed by atoms with Gasteiger partial charge in [0.05, 0.1) is 10.4 Å². The lowest BCUT2D eigenvalue weighted by Gasteiger charge is -2.41. The van der Waals surface area contributed by atoms with Crippen LogP contribution in [-0.4, -0.2) is 58.2 Å². The summed E-state index contributed by atoms with van der Waals surface area (Å²) in [7, 11) is 0. The van der Waals surface area contributed by atoms with Crippen LogP contribution in [0.25, 0.3) is 0 Å². The quantitative estimate of drug-likeness (QED) is 0.516. The number of nitrogens with one attached hydrogen (secondary N) is 1. The molecule has 2 aromatic rings. The van der Waals surface area contributed by atoms with E-state index in [0.717, 1.165) is 45.9 Å². The summed E-state index contributed by atoms with van der Waals surface area (Å²) in [6.07, 6.45) is 6.57. The number of hydrogen-bond acceptors (Lipinski definition) is 6. The van der Waals surface area contributed by atoms with Crippen molar-refractivity contribution in [3.8, 4) is 0 Å². The fraction of sp³-hybridized carbons (Fsp3) is 0.462. The van der Waals surface area contributed by atoms with E-state index in [-0.39, 0.29) is 29.7 Å². The lowest BCUT2D eigenvalue weighted by molar-refractivity contribution is -0.130. The molecule has 4 rings (SSSR count). The van der Waals surface area contributed by atoms with Gasteiger partial charge in [-0.25, -0.2) is 4.98 Å². The van der Waals surface area contributed by atoms with E-state index in [1.54, 1.807) is 18.0 Å². The number of aromatic nitrogens is 1. The summed E-state index contributed by atoms with van der Waals surface area (Å²) in [5.74, 6) is 0.114. The van der Waals surface area contributed by atoms with Gasteiger partial charge < -0.3 is 15.1 Å². The van der Waals surface area contributed by atoms with Crippen LogP contribution in [-0.2, 0) is 16.0 Å². The van der Waals surface area contributed by atoms with Crippen LogP contribution in [0.4, 0.5) is 5.13 Å². The molecule has 2 aliphatic rings. The first-order chi connectivity index (χ1) is 16.8. The molecule has 2 fully saturated rings. The molecule has 186 valence electrons. The molecule has 0 spiro atoms. The number of hydrogen-bond donors (Lipinski definition) is 1. The molecule has 0 radical (unpaired) electrons. The van der Waals surface area contributed by atoms with Crippen LogP contribution in [0.2, 0.25) is 0 Å². The van der Waals surface area contributed by atoms with Crippen molar-refractivity contribution in [1.29, 1.82) is 0 Å². The largest absolute Gasteiger partial charge is 0.335 e. The molecular weight excluding hydrogens is 480 g/mol. The number of carbonyl (C=O) groups is 3. The zero-order valence-corrected chi connectivity index (χ0v) is 22.1. The van der Waals surface area contributed by atoms with E-state index in [1.165, 1.54) is 17.4 Å². The zero-order chi connectivity index (χ0) is 25.1. The van der Waals surface area contributed by atoms with Crippen LogP contribution in [0.15, 0.2) is 40.1 Å². The summed E-state index contributed by atoms with van der Waals surface area (Å²) in [5.41, 5.74) is 2.84. The average molecular weight is 513 g/mol.